The molecule has 0 heterocycles. The van der Waals surface area contributed by atoms with Gasteiger partial charge in [0, 0.05) is 18.4 Å². The monoisotopic (exact) mass is 389 g/mol. The highest BCUT2D eigenvalue weighted by Gasteiger charge is 2.10. The van der Waals surface area contributed by atoms with Crippen LogP contribution in [0.2, 0.25) is 0 Å². The molecule has 1 amide bonds. The molecule has 0 aliphatic heterocycles. The van der Waals surface area contributed by atoms with Gasteiger partial charge in [0.2, 0.25) is 5.91 Å². The van der Waals surface area contributed by atoms with E-state index in [4.69, 9.17) is 17.0 Å². The first-order chi connectivity index (χ1) is 13.0. The molecule has 142 valence electrons. The highest BCUT2D eigenvalue weighted by atomic mass is 32.1. The van der Waals surface area contributed by atoms with Crippen molar-refractivity contribution in [2.45, 2.75) is 19.8 Å². The Morgan fingerprint density at radius 2 is 1.74 bits per heavy atom. The van der Waals surface area contributed by atoms with Gasteiger partial charge in [-0.05, 0) is 55.5 Å². The minimum Gasteiger partial charge on any atom is -0.494 e. The summed E-state index contributed by atoms with van der Waals surface area (Å²) >= 11 is 4.98. The van der Waals surface area contributed by atoms with Crippen molar-refractivity contribution >= 4 is 34.7 Å². The second kappa shape index (κ2) is 10.2. The van der Waals surface area contributed by atoms with Gasteiger partial charge >= 0.3 is 0 Å². The fraction of sp³-hybridized carbons (Fsp3) is 0.211. The lowest BCUT2D eigenvalue weighted by atomic mass is 10.1. The number of para-hydroxylation sites is 1. The van der Waals surface area contributed by atoms with E-state index in [9.17, 15) is 14.0 Å². The van der Waals surface area contributed by atoms with Gasteiger partial charge in [-0.25, -0.2) is 4.39 Å². The molecule has 0 aromatic heterocycles. The number of Topliss-reactive ketones (excluding diaryl/α,β-unsaturated/α-hetero) is 1. The lowest BCUT2D eigenvalue weighted by molar-refractivity contribution is -0.121. The third kappa shape index (κ3) is 6.67. The van der Waals surface area contributed by atoms with Crippen molar-refractivity contribution in [3.8, 4) is 5.75 Å². The van der Waals surface area contributed by atoms with Crippen molar-refractivity contribution in [2.24, 2.45) is 0 Å². The van der Waals surface area contributed by atoms with Crippen LogP contribution < -0.4 is 20.9 Å². The van der Waals surface area contributed by atoms with Crippen LogP contribution >= 0.6 is 12.2 Å². The highest BCUT2D eigenvalue weighted by Crippen LogP contribution is 2.14. The number of rotatable bonds is 7. The predicted molar refractivity (Wildman–Crippen MR) is 105 cm³/mol. The van der Waals surface area contributed by atoms with Gasteiger partial charge in [0.1, 0.15) is 11.6 Å². The van der Waals surface area contributed by atoms with E-state index >= 15 is 0 Å². The van der Waals surface area contributed by atoms with E-state index in [2.05, 4.69) is 16.2 Å². The summed E-state index contributed by atoms with van der Waals surface area (Å²) in [4.78, 5) is 23.9. The average molecular weight is 389 g/mol. The Kier molecular flexibility index (Phi) is 7.69. The number of halogens is 1. The second-order valence-electron chi connectivity index (χ2n) is 5.49. The molecular formula is C19H20FN3O3S. The zero-order chi connectivity index (χ0) is 19.6. The first kappa shape index (κ1) is 20.3. The Bertz CT molecular complexity index is 812. The summed E-state index contributed by atoms with van der Waals surface area (Å²) in [6.07, 6.45) is 0.0381. The third-order valence-electron chi connectivity index (χ3n) is 3.50. The molecule has 0 radical (unpaired) electrons. The van der Waals surface area contributed by atoms with Crippen LogP contribution in [0.4, 0.5) is 10.1 Å². The normalized spacial score (nSPS) is 10.0. The van der Waals surface area contributed by atoms with Crippen molar-refractivity contribution in [1.82, 2.24) is 10.9 Å². The molecule has 8 heteroatoms. The number of anilines is 1. The molecule has 2 aromatic rings. The van der Waals surface area contributed by atoms with Crippen LogP contribution in [-0.4, -0.2) is 23.4 Å². The molecule has 0 saturated carbocycles. The molecule has 0 aliphatic rings. The van der Waals surface area contributed by atoms with Crippen LogP contribution in [0.1, 0.15) is 30.1 Å². The molecule has 3 N–H and O–H groups in total. The van der Waals surface area contributed by atoms with Crippen molar-refractivity contribution in [1.29, 1.82) is 0 Å². The summed E-state index contributed by atoms with van der Waals surface area (Å²) in [5.41, 5.74) is 5.54. The van der Waals surface area contributed by atoms with Gasteiger partial charge in [-0.2, -0.15) is 0 Å². The van der Waals surface area contributed by atoms with Crippen LogP contribution in [0.15, 0.2) is 48.5 Å². The van der Waals surface area contributed by atoms with E-state index in [1.807, 2.05) is 6.92 Å². The fourth-order valence-electron chi connectivity index (χ4n) is 2.18. The fourth-order valence-corrected chi connectivity index (χ4v) is 2.34. The number of thiocarbonyl (C=S) groups is 1. The lowest BCUT2D eigenvalue weighted by Crippen LogP contribution is -2.43. The summed E-state index contributed by atoms with van der Waals surface area (Å²) in [7, 11) is 0. The smallest absolute Gasteiger partial charge is 0.238 e. The largest absolute Gasteiger partial charge is 0.494 e. The first-order valence-electron chi connectivity index (χ1n) is 8.36. The Morgan fingerprint density at radius 3 is 2.41 bits per heavy atom. The molecular weight excluding hydrogens is 369 g/mol. The Morgan fingerprint density at radius 1 is 1.04 bits per heavy atom. The molecule has 2 rings (SSSR count). The van der Waals surface area contributed by atoms with E-state index in [1.54, 1.807) is 36.4 Å². The molecule has 0 unspecified atom stereocenters. The predicted octanol–water partition coefficient (Wildman–Crippen LogP) is 3.21. The van der Waals surface area contributed by atoms with Crippen molar-refractivity contribution in [3.63, 3.8) is 0 Å². The number of ether oxygens (including phenoxy) is 1. The van der Waals surface area contributed by atoms with Gasteiger partial charge in [-0.15, -0.1) is 0 Å². The zero-order valence-electron chi connectivity index (χ0n) is 14.8. The molecule has 0 fully saturated rings. The van der Waals surface area contributed by atoms with Crippen LogP contribution in [0, 0.1) is 5.82 Å². The van der Waals surface area contributed by atoms with E-state index < -0.39 is 11.7 Å². The van der Waals surface area contributed by atoms with Crippen LogP contribution in [0.3, 0.4) is 0 Å². The van der Waals surface area contributed by atoms with E-state index in [0.29, 0.717) is 17.9 Å². The lowest BCUT2D eigenvalue weighted by Gasteiger charge is -2.12. The number of carbonyl (C=O) groups excluding carboxylic acids is 2. The second-order valence-corrected chi connectivity index (χ2v) is 5.90. The third-order valence-corrected chi connectivity index (χ3v) is 3.71. The summed E-state index contributed by atoms with van der Waals surface area (Å²) < 4.78 is 18.8. The zero-order valence-corrected chi connectivity index (χ0v) is 15.6. The minimum absolute atomic E-state index is 0.0125. The van der Waals surface area contributed by atoms with Gasteiger partial charge in [0.15, 0.2) is 10.9 Å². The van der Waals surface area contributed by atoms with Gasteiger partial charge < -0.3 is 10.1 Å². The molecule has 27 heavy (non-hydrogen) atoms. The Hall–Kier alpha value is -3.00. The van der Waals surface area contributed by atoms with Gasteiger partial charge in [-0.1, -0.05) is 12.1 Å². The van der Waals surface area contributed by atoms with Crippen LogP contribution in [-0.2, 0) is 4.79 Å². The molecule has 0 atom stereocenters. The standard InChI is InChI=1S/C19H20FN3O3S/c1-2-26-14-9-7-13(8-10-14)17(24)11-12-18(25)22-23-19(27)21-16-6-4-3-5-15(16)20/h3-10H,2,11-12H2,1H3,(H,22,25)(H2,21,23,27). The maximum Gasteiger partial charge on any atom is 0.238 e. The Labute approximate surface area is 162 Å². The van der Waals surface area contributed by atoms with Crippen molar-refractivity contribution in [2.75, 3.05) is 11.9 Å². The van der Waals surface area contributed by atoms with E-state index in [0.717, 1.165) is 0 Å². The topological polar surface area (TPSA) is 79.5 Å². The maximum absolute atomic E-state index is 13.5. The molecule has 0 bridgehead atoms. The average Bonchev–Trinajstić information content (AvgIpc) is 2.67. The quantitative estimate of drug-likeness (QED) is 0.383. The van der Waals surface area contributed by atoms with E-state index in [1.165, 1.54) is 12.1 Å². The maximum atomic E-state index is 13.5. The number of ketones is 1. The van der Waals surface area contributed by atoms with Gasteiger partial charge in [-0.3, -0.25) is 20.4 Å². The van der Waals surface area contributed by atoms with Crippen molar-refractivity contribution in [3.05, 3.63) is 59.9 Å². The van der Waals surface area contributed by atoms with Gasteiger partial charge in [0.05, 0.1) is 12.3 Å². The summed E-state index contributed by atoms with van der Waals surface area (Å²) in [5, 5.41) is 2.66. The molecule has 0 spiro atoms. The van der Waals surface area contributed by atoms with Gasteiger partial charge in [0.25, 0.3) is 0 Å². The highest BCUT2D eigenvalue weighted by molar-refractivity contribution is 7.80. The number of hydrogen-bond acceptors (Lipinski definition) is 4. The summed E-state index contributed by atoms with van der Waals surface area (Å²) in [6, 6.07) is 12.8. The molecule has 2 aromatic carbocycles. The van der Waals surface area contributed by atoms with Crippen LogP contribution in [0.5, 0.6) is 5.75 Å². The molecule has 6 nitrogen and oxygen atoms in total. The number of hydrazine groups is 1. The number of carbonyl (C=O) groups is 2. The summed E-state index contributed by atoms with van der Waals surface area (Å²) in [5.74, 6) is -0.340. The molecule has 0 aliphatic carbocycles. The van der Waals surface area contributed by atoms with Crippen LogP contribution in [0.25, 0.3) is 0 Å². The number of nitrogens with one attached hydrogen (secondary N) is 3. The number of hydrogen-bond donors (Lipinski definition) is 3. The number of amides is 1. The van der Waals surface area contributed by atoms with E-state index in [-0.39, 0.29) is 29.4 Å². The molecule has 0 saturated heterocycles. The number of benzene rings is 2. The first-order valence-corrected chi connectivity index (χ1v) is 8.77. The summed E-state index contributed by atoms with van der Waals surface area (Å²) in [6.45, 7) is 2.43. The Balaban J connectivity index is 1.73. The SMILES string of the molecule is CCOc1ccc(C(=O)CCC(=O)NNC(=S)Nc2ccccc2F)cc1. The van der Waals surface area contributed by atoms with Crippen molar-refractivity contribution < 1.29 is 18.7 Å². The minimum atomic E-state index is -0.464.